The number of nitrogens with one attached hydrogen (secondary N) is 1. The number of aromatic nitrogens is 2. The maximum absolute atomic E-state index is 9.00. The van der Waals surface area contributed by atoms with Gasteiger partial charge in [0.1, 0.15) is 11.4 Å². The Labute approximate surface area is 140 Å². The fourth-order valence-electron chi connectivity index (χ4n) is 2.17. The Bertz CT molecular complexity index is 806. The number of carboxylic acid groups (broad SMARTS) is 1. The lowest BCUT2D eigenvalue weighted by Gasteiger charge is -2.02. The second-order valence-electron chi connectivity index (χ2n) is 5.03. The van der Waals surface area contributed by atoms with Gasteiger partial charge in [0.05, 0.1) is 12.3 Å². The predicted octanol–water partition coefficient (Wildman–Crippen LogP) is 3.53. The van der Waals surface area contributed by atoms with Crippen LogP contribution in [0.4, 0.5) is 5.69 Å². The molecule has 2 aromatic heterocycles. The third kappa shape index (κ3) is 4.49. The summed E-state index contributed by atoms with van der Waals surface area (Å²) < 4.78 is 7.47. The molecule has 2 heterocycles. The van der Waals surface area contributed by atoms with Crippen LogP contribution in [0.1, 0.15) is 13.8 Å². The zero-order valence-electron chi connectivity index (χ0n) is 14.0. The molecule has 0 unspecified atom stereocenters. The van der Waals surface area contributed by atoms with Crippen LogP contribution in [0.2, 0.25) is 0 Å². The molecule has 0 amide bonds. The minimum atomic E-state index is -0.833. The minimum Gasteiger partial charge on any atom is -0.494 e. The van der Waals surface area contributed by atoms with Gasteiger partial charge in [-0.1, -0.05) is 0 Å². The fraction of sp³-hybridized carbons (Fsp3) is 0.222. The highest BCUT2D eigenvalue weighted by molar-refractivity contribution is 5.65. The van der Waals surface area contributed by atoms with Gasteiger partial charge in [0.2, 0.25) is 0 Å². The van der Waals surface area contributed by atoms with Crippen molar-refractivity contribution in [1.29, 1.82) is 0 Å². The van der Waals surface area contributed by atoms with Crippen LogP contribution in [0.5, 0.6) is 5.75 Å². The van der Waals surface area contributed by atoms with Crippen LogP contribution >= 0.6 is 0 Å². The van der Waals surface area contributed by atoms with Gasteiger partial charge in [-0.15, -0.1) is 0 Å². The third-order valence-corrected chi connectivity index (χ3v) is 3.21. The maximum atomic E-state index is 9.00. The molecule has 3 rings (SSSR count). The number of ether oxygens (including phenoxy) is 1. The number of anilines is 1. The predicted molar refractivity (Wildman–Crippen MR) is 94.7 cm³/mol. The highest BCUT2D eigenvalue weighted by Crippen LogP contribution is 2.23. The van der Waals surface area contributed by atoms with Crippen molar-refractivity contribution in [2.24, 2.45) is 0 Å². The monoisotopic (exact) mass is 327 g/mol. The summed E-state index contributed by atoms with van der Waals surface area (Å²) in [5, 5.41) is 10.5. The summed E-state index contributed by atoms with van der Waals surface area (Å²) in [4.78, 5) is 13.6. The Hall–Kier alpha value is -3.02. The molecule has 0 atom stereocenters. The van der Waals surface area contributed by atoms with Gasteiger partial charge < -0.3 is 19.6 Å². The van der Waals surface area contributed by atoms with Crippen LogP contribution in [-0.2, 0) is 4.79 Å². The zero-order chi connectivity index (χ0) is 17.5. The Morgan fingerprint density at radius 2 is 1.96 bits per heavy atom. The molecule has 6 heteroatoms. The largest absolute Gasteiger partial charge is 0.494 e. The molecule has 0 aliphatic heterocycles. The second kappa shape index (κ2) is 8.01. The molecule has 0 spiro atoms. The molecular weight excluding hydrogens is 306 g/mol. The van der Waals surface area contributed by atoms with Crippen molar-refractivity contribution in [2.75, 3.05) is 19.0 Å². The van der Waals surface area contributed by atoms with Gasteiger partial charge in [0.25, 0.3) is 5.97 Å². The molecule has 0 aliphatic carbocycles. The SMILES string of the molecule is CC(=O)O.CCOc1ccc(-c2cn3ccc(NC)cc3n2)cc1. The standard InChI is InChI=1S/C16H17N3O.C2H4O2/c1-3-20-14-6-4-12(5-7-14)15-11-19-9-8-13(17-2)10-16(19)18-15;1-2(3)4/h4-11,17H,3H2,1-2H3;1H3,(H,3,4). The summed E-state index contributed by atoms with van der Waals surface area (Å²) in [5.41, 5.74) is 4.03. The van der Waals surface area contributed by atoms with Crippen molar-refractivity contribution in [1.82, 2.24) is 9.38 Å². The van der Waals surface area contributed by atoms with E-state index in [0.29, 0.717) is 6.61 Å². The third-order valence-electron chi connectivity index (χ3n) is 3.21. The van der Waals surface area contributed by atoms with Crippen molar-refractivity contribution in [3.8, 4) is 17.0 Å². The minimum absolute atomic E-state index is 0.681. The number of carboxylic acids is 1. The number of imidazole rings is 1. The average Bonchev–Trinajstić information content (AvgIpc) is 2.98. The highest BCUT2D eigenvalue weighted by atomic mass is 16.5. The van der Waals surface area contributed by atoms with Gasteiger partial charge in [-0.05, 0) is 37.3 Å². The van der Waals surface area contributed by atoms with E-state index in [1.807, 2.05) is 67.2 Å². The van der Waals surface area contributed by atoms with E-state index in [9.17, 15) is 0 Å². The van der Waals surface area contributed by atoms with E-state index < -0.39 is 5.97 Å². The molecule has 0 fully saturated rings. The van der Waals surface area contributed by atoms with Crippen molar-refractivity contribution in [2.45, 2.75) is 13.8 Å². The molecule has 1 aromatic carbocycles. The summed E-state index contributed by atoms with van der Waals surface area (Å²) in [6.45, 7) is 3.75. The van der Waals surface area contributed by atoms with Crippen LogP contribution < -0.4 is 10.1 Å². The molecule has 126 valence electrons. The van der Waals surface area contributed by atoms with Crippen LogP contribution in [0.25, 0.3) is 16.9 Å². The number of fused-ring (bicyclic) bond motifs is 1. The van der Waals surface area contributed by atoms with Gasteiger partial charge in [0.15, 0.2) is 0 Å². The summed E-state index contributed by atoms with van der Waals surface area (Å²) >= 11 is 0. The lowest BCUT2D eigenvalue weighted by atomic mass is 10.2. The molecule has 3 aromatic rings. The molecule has 0 saturated heterocycles. The van der Waals surface area contributed by atoms with Crippen molar-refractivity contribution in [3.05, 3.63) is 48.8 Å². The highest BCUT2D eigenvalue weighted by Gasteiger charge is 2.05. The zero-order valence-corrected chi connectivity index (χ0v) is 14.0. The van der Waals surface area contributed by atoms with E-state index in [1.54, 1.807) is 0 Å². The number of rotatable bonds is 4. The molecular formula is C18H21N3O3. The quantitative estimate of drug-likeness (QED) is 0.766. The number of nitrogens with zero attached hydrogens (tertiary/aromatic N) is 2. The Morgan fingerprint density at radius 3 is 2.54 bits per heavy atom. The first-order valence-electron chi connectivity index (χ1n) is 7.62. The lowest BCUT2D eigenvalue weighted by Crippen LogP contribution is -1.90. The Kier molecular flexibility index (Phi) is 5.78. The molecule has 6 nitrogen and oxygen atoms in total. The van der Waals surface area contributed by atoms with Gasteiger partial charge >= 0.3 is 0 Å². The number of benzene rings is 1. The molecule has 0 radical (unpaired) electrons. The van der Waals surface area contributed by atoms with E-state index in [1.165, 1.54) is 0 Å². The van der Waals surface area contributed by atoms with Gasteiger partial charge in [-0.3, -0.25) is 4.79 Å². The van der Waals surface area contributed by atoms with E-state index >= 15 is 0 Å². The second-order valence-corrected chi connectivity index (χ2v) is 5.03. The smallest absolute Gasteiger partial charge is 0.300 e. The lowest BCUT2D eigenvalue weighted by molar-refractivity contribution is -0.134. The Morgan fingerprint density at radius 1 is 1.29 bits per heavy atom. The Balaban J connectivity index is 0.000000471. The fourth-order valence-corrected chi connectivity index (χ4v) is 2.17. The van der Waals surface area contributed by atoms with E-state index in [2.05, 4.69) is 10.3 Å². The van der Waals surface area contributed by atoms with Gasteiger partial charge in [-0.25, -0.2) is 4.98 Å². The van der Waals surface area contributed by atoms with Crippen LogP contribution in [0, 0.1) is 0 Å². The normalized spacial score (nSPS) is 9.96. The summed E-state index contributed by atoms with van der Waals surface area (Å²) in [6.07, 6.45) is 4.04. The number of pyridine rings is 1. The van der Waals surface area contributed by atoms with Gasteiger partial charge in [-0.2, -0.15) is 0 Å². The van der Waals surface area contributed by atoms with Crippen LogP contribution in [0.15, 0.2) is 48.8 Å². The number of hydrogen-bond acceptors (Lipinski definition) is 4. The number of hydrogen-bond donors (Lipinski definition) is 2. The summed E-state index contributed by atoms with van der Waals surface area (Å²) in [6, 6.07) is 12.1. The molecule has 2 N–H and O–H groups in total. The van der Waals surface area contributed by atoms with Crippen LogP contribution in [-0.4, -0.2) is 34.1 Å². The van der Waals surface area contributed by atoms with E-state index in [0.717, 1.165) is 35.3 Å². The first-order chi connectivity index (χ1) is 11.5. The number of carbonyl (C=O) groups is 1. The molecule has 24 heavy (non-hydrogen) atoms. The van der Waals surface area contributed by atoms with Gasteiger partial charge in [0, 0.05) is 43.7 Å². The first kappa shape index (κ1) is 17.3. The molecule has 0 aliphatic rings. The maximum Gasteiger partial charge on any atom is 0.300 e. The molecule has 0 bridgehead atoms. The number of aliphatic carboxylic acids is 1. The first-order valence-corrected chi connectivity index (χ1v) is 7.62. The topological polar surface area (TPSA) is 75.9 Å². The van der Waals surface area contributed by atoms with Crippen molar-refractivity contribution < 1.29 is 14.6 Å². The van der Waals surface area contributed by atoms with E-state index in [-0.39, 0.29) is 0 Å². The van der Waals surface area contributed by atoms with Crippen molar-refractivity contribution in [3.63, 3.8) is 0 Å². The summed E-state index contributed by atoms with van der Waals surface area (Å²) in [7, 11) is 1.90. The van der Waals surface area contributed by atoms with Crippen LogP contribution in [0.3, 0.4) is 0 Å². The summed E-state index contributed by atoms with van der Waals surface area (Å²) in [5.74, 6) is 0.0532. The average molecular weight is 327 g/mol. The molecule has 0 saturated carbocycles. The van der Waals surface area contributed by atoms with Crippen molar-refractivity contribution >= 4 is 17.3 Å². The van der Waals surface area contributed by atoms with E-state index in [4.69, 9.17) is 14.6 Å².